The molecule has 0 saturated heterocycles. The van der Waals surface area contributed by atoms with Crippen molar-refractivity contribution in [2.24, 2.45) is 0 Å². The second-order valence-corrected chi connectivity index (χ2v) is 19.8. The molecule has 8 rings (SSSR count). The number of nitrogen functional groups attached to an aromatic ring is 1. The number of aromatic hydroxyl groups is 2. The SMILES string of the molecule is CCOC(C)=O.CN1CCc2cc(Cl)c(O)cc2[C@H]2c3cc(N)ccc3CC[C@@H]21.CN1CCc2cc(Cl)c(O)cc2[C@H]2c3cc([N+](=O)[O-])ccc3CC[C@@H]21.O.O.[Cl][Sn][Cl]. The molecule has 4 aromatic carbocycles. The molecular weight excluding hydrogens is 949 g/mol. The van der Waals surface area contributed by atoms with Crippen LogP contribution >= 0.6 is 41.0 Å². The predicted octanol–water partition coefficient (Wildman–Crippen LogP) is 7.37. The van der Waals surface area contributed by atoms with Gasteiger partial charge in [0, 0.05) is 61.8 Å². The van der Waals surface area contributed by atoms with E-state index in [0.717, 1.165) is 79.6 Å². The maximum absolute atomic E-state index is 11.3. The molecule has 17 heteroatoms. The van der Waals surface area contributed by atoms with E-state index in [4.69, 9.17) is 46.8 Å². The first kappa shape index (κ1) is 50.3. The molecule has 0 aromatic heterocycles. The fraction of sp³-hybridized carbons (Fsp3) is 0.405. The van der Waals surface area contributed by atoms with E-state index < -0.39 is 18.9 Å². The average molecular weight is 1000 g/mol. The number of carbonyl (C=O) groups excluding carboxylic acids is 1. The number of fused-ring (bicyclic) bond motifs is 10. The zero-order valence-electron chi connectivity index (χ0n) is 33.4. The first-order chi connectivity index (χ1) is 27.2. The average Bonchev–Trinajstić information content (AvgIpc) is 3.39. The fourth-order valence-corrected chi connectivity index (χ4v) is 9.15. The number of halogens is 4. The summed E-state index contributed by atoms with van der Waals surface area (Å²) in [5.74, 6) is 0.283. The van der Waals surface area contributed by atoms with Gasteiger partial charge in [0.1, 0.15) is 11.5 Å². The molecule has 4 aromatic rings. The molecule has 0 amide bonds. The van der Waals surface area contributed by atoms with Crippen LogP contribution in [-0.2, 0) is 35.2 Å². The molecule has 0 bridgehead atoms. The third-order valence-corrected chi connectivity index (χ3v) is 12.0. The molecule has 8 N–H and O–H groups in total. The number of hydrogen-bond donors (Lipinski definition) is 3. The number of benzene rings is 4. The van der Waals surface area contributed by atoms with E-state index in [-0.39, 0.29) is 56.9 Å². The van der Waals surface area contributed by atoms with E-state index in [1.54, 1.807) is 25.1 Å². The van der Waals surface area contributed by atoms with Gasteiger partial charge in [0.15, 0.2) is 0 Å². The normalized spacial score (nSPS) is 19.8. The van der Waals surface area contributed by atoms with Gasteiger partial charge in [-0.3, -0.25) is 14.9 Å². The summed E-state index contributed by atoms with van der Waals surface area (Å²) in [6.07, 6.45) is 5.92. The van der Waals surface area contributed by atoms with Crippen LogP contribution in [0.15, 0.2) is 60.7 Å². The number of anilines is 1. The molecule has 59 heavy (non-hydrogen) atoms. The predicted molar refractivity (Wildman–Crippen MR) is 238 cm³/mol. The number of aryl methyl sites for hydroxylation is 2. The van der Waals surface area contributed by atoms with Crippen LogP contribution in [0.2, 0.25) is 10.0 Å². The Kier molecular flexibility index (Phi) is 19.3. The van der Waals surface area contributed by atoms with Crippen LogP contribution in [0.5, 0.6) is 11.5 Å². The summed E-state index contributed by atoms with van der Waals surface area (Å²) in [4.78, 5) is 25.5. The van der Waals surface area contributed by atoms with Gasteiger partial charge in [-0.25, -0.2) is 0 Å². The summed E-state index contributed by atoms with van der Waals surface area (Å²) in [7, 11) is 14.2. The second kappa shape index (κ2) is 22.7. The van der Waals surface area contributed by atoms with Gasteiger partial charge in [0.2, 0.25) is 0 Å². The standard InChI is InChI=1S/C19H19ClN2O3.C19H21ClN2O.C4H8O2.2ClH.2H2O.Sn/c1-21-7-6-12-8-16(20)18(23)10-15(12)19-14-9-13(22(24)25)4-2-11(14)3-5-17(19)21;1-22-7-6-12-8-16(20)18(23)10-15(12)19-14-9-13(21)4-2-11(14)3-5-17(19)22;1-3-6-4(2)5;;;;;/h2,4,8-10,17,19,23H,3,5-7H2,1H3;2,4,8-10,17,19,23H,3,5-7,21H2,1H3;3H2,1-2H3;2*1H;2*1H2;/q;;;;;;;+2/p-2/t2*17-,19+;;;;;;/m00....../s1. The maximum atomic E-state index is 11.3. The van der Waals surface area contributed by atoms with Crippen molar-refractivity contribution < 1.29 is 35.6 Å². The zero-order chi connectivity index (χ0) is 41.6. The molecular formula is C42H52Cl4N4O8Sn. The molecule has 2 aliphatic heterocycles. The number of nitro benzene ring substituents is 1. The van der Waals surface area contributed by atoms with Crippen LogP contribution < -0.4 is 5.73 Å². The van der Waals surface area contributed by atoms with Crippen molar-refractivity contribution >= 4 is 77.3 Å². The van der Waals surface area contributed by atoms with Gasteiger partial charge < -0.3 is 41.4 Å². The Hall–Kier alpha value is -3.05. The Labute approximate surface area is 372 Å². The minimum absolute atomic E-state index is 0. The van der Waals surface area contributed by atoms with Gasteiger partial charge in [-0.05, 0) is 140 Å². The minimum atomic E-state index is -0.826. The number of likely N-dealkylation sites (N-methyl/N-ethyl adjacent to an activating group) is 2. The molecule has 0 unspecified atom stereocenters. The number of nitrogens with two attached hydrogens (primary N) is 1. The molecule has 2 aliphatic carbocycles. The zero-order valence-corrected chi connectivity index (χ0v) is 39.3. The number of non-ortho nitro benzene ring substituents is 1. The fourth-order valence-electron chi connectivity index (χ4n) is 8.78. The number of nitrogens with zero attached hydrogens (tertiary/aromatic N) is 3. The van der Waals surface area contributed by atoms with Gasteiger partial charge >= 0.3 is 42.7 Å². The molecule has 12 nitrogen and oxygen atoms in total. The van der Waals surface area contributed by atoms with Gasteiger partial charge in [-0.2, -0.15) is 0 Å². The molecule has 4 aliphatic rings. The van der Waals surface area contributed by atoms with Crippen molar-refractivity contribution in [2.45, 2.75) is 76.3 Å². The number of nitro groups is 1. The van der Waals surface area contributed by atoms with Crippen molar-refractivity contribution in [1.82, 2.24) is 9.80 Å². The van der Waals surface area contributed by atoms with Crippen molar-refractivity contribution in [3.8, 4) is 11.5 Å². The number of esters is 1. The Morgan fingerprint density at radius 1 is 0.780 bits per heavy atom. The summed E-state index contributed by atoms with van der Waals surface area (Å²) in [5.41, 5.74) is 16.4. The third-order valence-electron chi connectivity index (χ3n) is 11.4. The van der Waals surface area contributed by atoms with Gasteiger partial charge in [0.25, 0.3) is 5.69 Å². The van der Waals surface area contributed by atoms with Crippen molar-refractivity contribution in [1.29, 1.82) is 0 Å². The Balaban J connectivity index is 0.000000256. The van der Waals surface area contributed by atoms with E-state index in [1.807, 2.05) is 30.3 Å². The summed E-state index contributed by atoms with van der Waals surface area (Å²) in [6.45, 7) is 5.56. The summed E-state index contributed by atoms with van der Waals surface area (Å²) in [6, 6.07) is 19.5. The summed E-state index contributed by atoms with van der Waals surface area (Å²) in [5, 5.41) is 32.4. The Morgan fingerprint density at radius 3 is 1.61 bits per heavy atom. The molecule has 2 radical (unpaired) electrons. The number of phenols is 2. The van der Waals surface area contributed by atoms with Crippen molar-refractivity contribution in [3.05, 3.63) is 125 Å². The number of rotatable bonds is 2. The van der Waals surface area contributed by atoms with Crippen LogP contribution in [0.25, 0.3) is 0 Å². The molecule has 0 fully saturated rings. The first-order valence-electron chi connectivity index (χ1n) is 18.9. The number of phenolic OH excluding ortho intramolecular Hbond substituents is 2. The van der Waals surface area contributed by atoms with Crippen molar-refractivity contribution in [2.75, 3.05) is 39.5 Å². The van der Waals surface area contributed by atoms with Crippen LogP contribution in [-0.4, -0.2) is 107 Å². The molecule has 0 saturated carbocycles. The molecule has 320 valence electrons. The topological polar surface area (TPSA) is 205 Å². The van der Waals surface area contributed by atoms with Gasteiger partial charge in [-0.1, -0.05) is 35.3 Å². The number of ether oxygens (including phenoxy) is 1. The summed E-state index contributed by atoms with van der Waals surface area (Å²) < 4.78 is 4.40. The summed E-state index contributed by atoms with van der Waals surface area (Å²) >= 11 is 11.5. The third kappa shape index (κ3) is 11.9. The van der Waals surface area contributed by atoms with E-state index in [1.165, 1.54) is 29.2 Å². The van der Waals surface area contributed by atoms with E-state index in [2.05, 4.69) is 40.8 Å². The Morgan fingerprint density at radius 2 is 1.20 bits per heavy atom. The molecule has 4 atom stereocenters. The van der Waals surface area contributed by atoms with Gasteiger partial charge in [-0.15, -0.1) is 0 Å². The number of carbonyl (C=O) groups is 1. The van der Waals surface area contributed by atoms with E-state index in [0.29, 0.717) is 22.7 Å². The molecule has 2 heterocycles. The monoisotopic (exact) mass is 1000 g/mol. The van der Waals surface area contributed by atoms with E-state index >= 15 is 0 Å². The quantitative estimate of drug-likeness (QED) is 0.0602. The van der Waals surface area contributed by atoms with E-state index in [9.17, 15) is 25.1 Å². The Bertz CT molecular complexity index is 2100. The van der Waals surface area contributed by atoms with Crippen LogP contribution in [0.3, 0.4) is 0 Å². The second-order valence-electron chi connectivity index (χ2n) is 14.7. The van der Waals surface area contributed by atoms with Crippen molar-refractivity contribution in [3.63, 3.8) is 0 Å². The van der Waals surface area contributed by atoms with Crippen LogP contribution in [0, 0.1) is 10.1 Å². The van der Waals surface area contributed by atoms with Crippen LogP contribution in [0.4, 0.5) is 11.4 Å². The number of hydrogen-bond acceptors (Lipinski definition) is 9. The molecule has 0 spiro atoms. The first-order valence-corrected chi connectivity index (χ1v) is 26.8. The van der Waals surface area contributed by atoms with Crippen LogP contribution in [0.1, 0.15) is 83.0 Å². The van der Waals surface area contributed by atoms with Gasteiger partial charge in [0.05, 0.1) is 21.6 Å².